The van der Waals surface area contributed by atoms with Gasteiger partial charge in [-0.1, -0.05) is 48.6 Å². The van der Waals surface area contributed by atoms with E-state index in [2.05, 4.69) is 6.58 Å². The van der Waals surface area contributed by atoms with Crippen molar-refractivity contribution in [3.63, 3.8) is 0 Å². The van der Waals surface area contributed by atoms with Crippen molar-refractivity contribution >= 4 is 17.9 Å². The van der Waals surface area contributed by atoms with Gasteiger partial charge in [0.15, 0.2) is 0 Å². The zero-order valence-corrected chi connectivity index (χ0v) is 16.9. The number of rotatable bonds is 8. The molecule has 2 N–H and O–H groups in total. The fourth-order valence-corrected chi connectivity index (χ4v) is 3.82. The minimum absolute atomic E-state index is 0.0716. The van der Waals surface area contributed by atoms with Gasteiger partial charge in [0.2, 0.25) is 0 Å². The second-order valence-electron chi connectivity index (χ2n) is 7.41. The topological polar surface area (TPSA) is 101 Å². The summed E-state index contributed by atoms with van der Waals surface area (Å²) in [6.07, 6.45) is 2.39. The van der Waals surface area contributed by atoms with E-state index in [9.17, 15) is 24.6 Å². The number of aliphatic carboxylic acids is 2. The summed E-state index contributed by atoms with van der Waals surface area (Å²) in [5.41, 5.74) is 0.955. The molecule has 1 aromatic rings. The third-order valence-corrected chi connectivity index (χ3v) is 5.34. The van der Waals surface area contributed by atoms with Crippen LogP contribution < -0.4 is 0 Å². The van der Waals surface area contributed by atoms with Crippen molar-refractivity contribution in [2.45, 2.75) is 39.0 Å². The minimum Gasteiger partial charge on any atom is -0.481 e. The summed E-state index contributed by atoms with van der Waals surface area (Å²) in [5, 5.41) is 19.9. The van der Waals surface area contributed by atoms with E-state index < -0.39 is 29.2 Å². The van der Waals surface area contributed by atoms with E-state index in [0.717, 1.165) is 0 Å². The maximum Gasteiger partial charge on any atom is 0.333 e. The SMILES string of the molecule is C=C(C)C(=O)OCCCC1=C(C(=O)O)C(C)(c2ccccc2)C(C(=O)O)C=C1C. The molecule has 2 unspecified atom stereocenters. The summed E-state index contributed by atoms with van der Waals surface area (Å²) in [6.45, 7) is 8.58. The quantitative estimate of drug-likeness (QED) is 0.391. The Kier molecular flexibility index (Phi) is 6.80. The van der Waals surface area contributed by atoms with E-state index in [1.54, 1.807) is 57.2 Å². The van der Waals surface area contributed by atoms with Gasteiger partial charge in [-0.2, -0.15) is 0 Å². The molecule has 0 heterocycles. The Hall–Kier alpha value is -3.15. The predicted octanol–water partition coefficient (Wildman–Crippen LogP) is 3.89. The number of ether oxygens (including phenoxy) is 1. The highest BCUT2D eigenvalue weighted by Gasteiger charge is 2.48. The first-order chi connectivity index (χ1) is 13.6. The van der Waals surface area contributed by atoms with Crippen molar-refractivity contribution in [2.75, 3.05) is 6.61 Å². The van der Waals surface area contributed by atoms with E-state index in [1.165, 1.54) is 0 Å². The summed E-state index contributed by atoms with van der Waals surface area (Å²) >= 11 is 0. The van der Waals surface area contributed by atoms with Crippen LogP contribution in [0.3, 0.4) is 0 Å². The summed E-state index contributed by atoms with van der Waals surface area (Å²) < 4.78 is 5.10. The Morgan fingerprint density at radius 2 is 1.79 bits per heavy atom. The molecule has 154 valence electrons. The Morgan fingerprint density at radius 3 is 2.31 bits per heavy atom. The van der Waals surface area contributed by atoms with Gasteiger partial charge in [-0.15, -0.1) is 0 Å². The van der Waals surface area contributed by atoms with E-state index in [1.807, 2.05) is 0 Å². The maximum absolute atomic E-state index is 12.3. The average Bonchev–Trinajstić information content (AvgIpc) is 2.67. The highest BCUT2D eigenvalue weighted by molar-refractivity contribution is 5.95. The van der Waals surface area contributed by atoms with Gasteiger partial charge in [-0.3, -0.25) is 4.79 Å². The number of allylic oxidation sites excluding steroid dienone is 2. The smallest absolute Gasteiger partial charge is 0.333 e. The Bertz CT molecular complexity index is 893. The molecule has 6 heteroatoms. The normalized spacial score (nSPS) is 21.3. The first kappa shape index (κ1) is 22.1. The molecule has 6 nitrogen and oxygen atoms in total. The van der Waals surface area contributed by atoms with Crippen LogP contribution in [0.4, 0.5) is 0 Å². The summed E-state index contributed by atoms with van der Waals surface area (Å²) in [4.78, 5) is 35.9. The molecule has 0 bridgehead atoms. The molecule has 0 fully saturated rings. The molecule has 0 spiro atoms. The Labute approximate surface area is 170 Å². The van der Waals surface area contributed by atoms with Crippen LogP contribution in [0.2, 0.25) is 0 Å². The fraction of sp³-hybridized carbons (Fsp3) is 0.348. The third kappa shape index (κ3) is 4.47. The van der Waals surface area contributed by atoms with E-state index in [-0.39, 0.29) is 12.2 Å². The van der Waals surface area contributed by atoms with Gasteiger partial charge in [-0.05, 0) is 44.7 Å². The van der Waals surface area contributed by atoms with Crippen molar-refractivity contribution in [2.24, 2.45) is 5.92 Å². The summed E-state index contributed by atoms with van der Waals surface area (Å²) in [7, 11) is 0. The van der Waals surface area contributed by atoms with Crippen LogP contribution in [-0.4, -0.2) is 34.7 Å². The molecule has 0 saturated carbocycles. The number of esters is 1. The Morgan fingerprint density at radius 1 is 1.17 bits per heavy atom. The van der Waals surface area contributed by atoms with Gasteiger partial charge in [-0.25, -0.2) is 9.59 Å². The lowest BCUT2D eigenvalue weighted by Gasteiger charge is -2.40. The standard InChI is InChI=1S/C23H26O6/c1-14(2)22(28)29-12-8-11-17-15(3)13-18(20(24)25)23(4,19(17)21(26)27)16-9-6-5-7-10-16/h5-7,9-10,13,18H,1,8,11-12H2,2-4H3,(H,24,25)(H,26,27). The number of carboxylic acid groups (broad SMARTS) is 2. The lowest BCUT2D eigenvalue weighted by atomic mass is 9.61. The second kappa shape index (κ2) is 8.90. The Balaban J connectivity index is 2.47. The molecule has 1 aromatic carbocycles. The first-order valence-electron chi connectivity index (χ1n) is 9.37. The molecule has 0 aliphatic heterocycles. The number of carboxylic acids is 2. The fourth-order valence-electron chi connectivity index (χ4n) is 3.82. The third-order valence-electron chi connectivity index (χ3n) is 5.34. The van der Waals surface area contributed by atoms with E-state index in [4.69, 9.17) is 4.74 Å². The van der Waals surface area contributed by atoms with Crippen molar-refractivity contribution in [3.8, 4) is 0 Å². The highest BCUT2D eigenvalue weighted by atomic mass is 16.5. The van der Waals surface area contributed by atoms with Gasteiger partial charge >= 0.3 is 17.9 Å². The molecule has 2 atom stereocenters. The molecule has 0 saturated heterocycles. The van der Waals surface area contributed by atoms with E-state index >= 15 is 0 Å². The lowest BCUT2D eigenvalue weighted by Crippen LogP contribution is -2.43. The molecule has 1 aliphatic carbocycles. The molecule has 0 amide bonds. The van der Waals surface area contributed by atoms with Gasteiger partial charge in [0.05, 0.1) is 18.1 Å². The largest absolute Gasteiger partial charge is 0.481 e. The molecule has 2 rings (SSSR count). The van der Waals surface area contributed by atoms with Crippen LogP contribution in [0, 0.1) is 5.92 Å². The van der Waals surface area contributed by atoms with Crippen molar-refractivity contribution in [1.29, 1.82) is 0 Å². The van der Waals surface area contributed by atoms with Gasteiger partial charge < -0.3 is 14.9 Å². The maximum atomic E-state index is 12.3. The number of hydrogen-bond donors (Lipinski definition) is 2. The van der Waals surface area contributed by atoms with Crippen LogP contribution in [0.25, 0.3) is 0 Å². The number of hydrogen-bond acceptors (Lipinski definition) is 4. The number of carbonyl (C=O) groups is 3. The first-order valence-corrected chi connectivity index (χ1v) is 9.37. The second-order valence-corrected chi connectivity index (χ2v) is 7.41. The zero-order valence-electron chi connectivity index (χ0n) is 16.9. The predicted molar refractivity (Wildman–Crippen MR) is 108 cm³/mol. The van der Waals surface area contributed by atoms with Crippen molar-refractivity contribution < 1.29 is 29.3 Å². The number of benzene rings is 1. The molecular weight excluding hydrogens is 372 g/mol. The monoisotopic (exact) mass is 398 g/mol. The summed E-state index contributed by atoms with van der Waals surface area (Å²) in [5.74, 6) is -3.73. The molecule has 1 aliphatic rings. The van der Waals surface area contributed by atoms with Crippen LogP contribution in [0.15, 0.2) is 65.3 Å². The van der Waals surface area contributed by atoms with E-state index in [0.29, 0.717) is 35.1 Å². The summed E-state index contributed by atoms with van der Waals surface area (Å²) in [6, 6.07) is 8.83. The molecular formula is C23H26O6. The zero-order chi connectivity index (χ0) is 21.8. The van der Waals surface area contributed by atoms with Gasteiger partial charge in [0, 0.05) is 11.0 Å². The molecule has 29 heavy (non-hydrogen) atoms. The average molecular weight is 398 g/mol. The number of carbonyl (C=O) groups excluding carboxylic acids is 1. The minimum atomic E-state index is -1.23. The van der Waals surface area contributed by atoms with Crippen molar-refractivity contribution in [3.05, 3.63) is 70.8 Å². The van der Waals surface area contributed by atoms with Crippen LogP contribution >= 0.6 is 0 Å². The van der Waals surface area contributed by atoms with Crippen LogP contribution in [-0.2, 0) is 24.5 Å². The van der Waals surface area contributed by atoms with Gasteiger partial charge in [0.1, 0.15) is 0 Å². The van der Waals surface area contributed by atoms with Gasteiger partial charge in [0.25, 0.3) is 0 Å². The highest BCUT2D eigenvalue weighted by Crippen LogP contribution is 2.47. The molecule has 0 radical (unpaired) electrons. The van der Waals surface area contributed by atoms with Crippen LogP contribution in [0.1, 0.15) is 39.2 Å². The molecule has 0 aromatic heterocycles. The van der Waals surface area contributed by atoms with Crippen LogP contribution in [0.5, 0.6) is 0 Å². The van der Waals surface area contributed by atoms with Crippen molar-refractivity contribution in [1.82, 2.24) is 0 Å². The lowest BCUT2D eigenvalue weighted by molar-refractivity contribution is -0.142.